The summed E-state index contributed by atoms with van der Waals surface area (Å²) in [6.45, 7) is -0.297. The van der Waals surface area contributed by atoms with E-state index in [4.69, 9.17) is 7.85 Å². The summed E-state index contributed by atoms with van der Waals surface area (Å²) < 4.78 is 18.5. The van der Waals surface area contributed by atoms with Gasteiger partial charge < -0.3 is 9.52 Å². The molecule has 2 nitrogen and oxygen atoms in total. The van der Waals surface area contributed by atoms with Crippen LogP contribution < -0.4 is 0 Å². The molecule has 0 unspecified atom stereocenters. The minimum atomic E-state index is -0.297. The maximum Gasteiger partial charge on any atom is 0.105 e. The van der Waals surface area contributed by atoms with Crippen molar-refractivity contribution in [3.63, 3.8) is 0 Å². The van der Waals surface area contributed by atoms with Gasteiger partial charge in [-0.05, 0) is 6.04 Å². The molecular formula is C5H6O2. The van der Waals surface area contributed by atoms with Gasteiger partial charge in [0.05, 0.1) is 20.5 Å². The Morgan fingerprint density at radius 1 is 2.00 bits per heavy atom. The number of furan rings is 1. The average Bonchev–Trinajstić information content (AvgIpc) is 2.12. The van der Waals surface area contributed by atoms with Gasteiger partial charge in [-0.25, -0.2) is 0 Å². The Hall–Kier alpha value is -0.760. The second kappa shape index (κ2) is 1.80. The molecule has 0 spiro atoms. The quantitative estimate of drug-likeness (QED) is 0.565. The van der Waals surface area contributed by atoms with Crippen molar-refractivity contribution in [2.24, 2.45) is 0 Å². The third-order valence-electron chi connectivity index (χ3n) is 0.632. The van der Waals surface area contributed by atoms with Gasteiger partial charge in [-0.15, -0.1) is 0 Å². The van der Waals surface area contributed by atoms with Crippen molar-refractivity contribution < 1.29 is 12.3 Å². The first-order chi connectivity index (χ1) is 4.25. The summed E-state index contributed by atoms with van der Waals surface area (Å²) in [6.07, 6.45) is 1.01. The van der Waals surface area contributed by atoms with Crippen LogP contribution in [0.15, 0.2) is 23.0 Å². The van der Waals surface area contributed by atoms with Crippen LogP contribution in [0.5, 0.6) is 0 Å². The van der Waals surface area contributed by atoms with Crippen molar-refractivity contribution in [2.45, 2.75) is 6.61 Å². The maximum atomic E-state index is 8.49. The van der Waals surface area contributed by atoms with E-state index >= 15 is 0 Å². The van der Waals surface area contributed by atoms with Gasteiger partial charge in [0.2, 0.25) is 0 Å². The fourth-order valence-electron chi connectivity index (χ4n) is 0.309. The zero-order chi connectivity index (χ0) is 6.85. The van der Waals surface area contributed by atoms with E-state index < -0.39 is 0 Å². The Morgan fingerprint density at radius 2 is 2.86 bits per heavy atom. The second-order valence-corrected chi connectivity index (χ2v) is 1.12. The van der Waals surface area contributed by atoms with Crippen molar-refractivity contribution in [3.8, 4) is 0 Å². The van der Waals surface area contributed by atoms with E-state index in [2.05, 4.69) is 4.42 Å². The summed E-state index contributed by atoms with van der Waals surface area (Å²) in [5.41, 5.74) is 0.245. The molecule has 2 heteroatoms. The van der Waals surface area contributed by atoms with Gasteiger partial charge in [-0.1, -0.05) is 0 Å². The standard InChI is InChI=1S/C5H6O2/c6-3-5-1-2-7-4-5/h1-2,4,6H,3H2/i1D,4D. The molecule has 0 aromatic carbocycles. The normalized spacial score (nSPS) is 13.3. The first kappa shape index (κ1) is 2.52. The van der Waals surface area contributed by atoms with Gasteiger partial charge in [-0.2, -0.15) is 0 Å². The van der Waals surface area contributed by atoms with Gasteiger partial charge >= 0.3 is 0 Å². The minimum absolute atomic E-state index is 0.0856. The number of hydrogen-bond donors (Lipinski definition) is 1. The van der Waals surface area contributed by atoms with Crippen molar-refractivity contribution in [1.29, 1.82) is 0 Å². The van der Waals surface area contributed by atoms with E-state index in [1.807, 2.05) is 0 Å². The third kappa shape index (κ3) is 0.810. The summed E-state index contributed by atoms with van der Waals surface area (Å²) in [7, 11) is 0. The molecule has 0 atom stereocenters. The lowest BCUT2D eigenvalue weighted by atomic mass is 10.4. The van der Waals surface area contributed by atoms with Crippen molar-refractivity contribution in [1.82, 2.24) is 0 Å². The molecular weight excluding hydrogens is 92.1 g/mol. The highest BCUT2D eigenvalue weighted by atomic mass is 16.3. The second-order valence-electron chi connectivity index (χ2n) is 1.12. The first-order valence-corrected chi connectivity index (χ1v) is 1.90. The number of aliphatic hydroxyl groups excluding tert-OH is 1. The predicted molar refractivity (Wildman–Crippen MR) is 24.6 cm³/mol. The van der Waals surface area contributed by atoms with Crippen molar-refractivity contribution in [3.05, 3.63) is 24.1 Å². The van der Waals surface area contributed by atoms with E-state index in [1.54, 1.807) is 0 Å². The lowest BCUT2D eigenvalue weighted by Crippen LogP contribution is -1.72. The molecule has 0 saturated heterocycles. The number of hydrogen-bond acceptors (Lipinski definition) is 2. The molecule has 1 aromatic rings. The van der Waals surface area contributed by atoms with Crippen LogP contribution in [0.25, 0.3) is 0 Å². The molecule has 1 aromatic heterocycles. The SMILES string of the molecule is [2H]c1coc([2H])c1CO. The highest BCUT2D eigenvalue weighted by Gasteiger charge is 1.85. The lowest BCUT2D eigenvalue weighted by molar-refractivity contribution is 0.280. The molecule has 0 radical (unpaired) electrons. The molecule has 0 aliphatic rings. The predicted octanol–water partition coefficient (Wildman–Crippen LogP) is 0.772. The number of aliphatic hydroxyl groups is 1. The monoisotopic (exact) mass is 100 g/mol. The largest absolute Gasteiger partial charge is 0.472 e. The smallest absolute Gasteiger partial charge is 0.105 e. The Morgan fingerprint density at radius 3 is 3.14 bits per heavy atom. The Bertz CT molecular complexity index is 187. The van der Waals surface area contributed by atoms with E-state index in [-0.39, 0.29) is 24.5 Å². The van der Waals surface area contributed by atoms with Crippen LogP contribution in [0, 0.1) is 0 Å². The summed E-state index contributed by atoms with van der Waals surface area (Å²) in [5, 5.41) is 8.49. The minimum Gasteiger partial charge on any atom is -0.472 e. The molecule has 0 saturated carbocycles. The van der Waals surface area contributed by atoms with Crippen LogP contribution in [0.3, 0.4) is 0 Å². The van der Waals surface area contributed by atoms with E-state index in [9.17, 15) is 0 Å². The van der Waals surface area contributed by atoms with Gasteiger partial charge in [0.25, 0.3) is 0 Å². The summed E-state index contributed by atoms with van der Waals surface area (Å²) in [4.78, 5) is 0. The molecule has 7 heavy (non-hydrogen) atoms. The first-order valence-electron chi connectivity index (χ1n) is 2.90. The van der Waals surface area contributed by atoms with Crippen molar-refractivity contribution in [2.75, 3.05) is 0 Å². The Kier molecular flexibility index (Phi) is 0.648. The zero-order valence-electron chi connectivity index (χ0n) is 5.64. The van der Waals surface area contributed by atoms with Gasteiger partial charge in [0.15, 0.2) is 0 Å². The van der Waals surface area contributed by atoms with Crippen LogP contribution in [-0.4, -0.2) is 5.11 Å². The highest BCUT2D eigenvalue weighted by molar-refractivity contribution is 5.02. The van der Waals surface area contributed by atoms with Gasteiger partial charge in [0.1, 0.15) is 1.37 Å². The maximum absolute atomic E-state index is 8.49. The Labute approximate surface area is 44.2 Å². The molecule has 1 N–H and O–H groups in total. The molecule has 0 aliphatic carbocycles. The van der Waals surface area contributed by atoms with Gasteiger partial charge in [0, 0.05) is 5.56 Å². The molecule has 1 rings (SSSR count). The zero-order valence-corrected chi connectivity index (χ0v) is 3.64. The van der Waals surface area contributed by atoms with Crippen molar-refractivity contribution >= 4 is 0 Å². The van der Waals surface area contributed by atoms with E-state index in [0.717, 1.165) is 6.26 Å². The van der Waals surface area contributed by atoms with Crippen LogP contribution >= 0.6 is 0 Å². The summed E-state index contributed by atoms with van der Waals surface area (Å²) in [5.74, 6) is 0. The van der Waals surface area contributed by atoms with Crippen LogP contribution in [0.4, 0.5) is 0 Å². The van der Waals surface area contributed by atoms with E-state index in [1.165, 1.54) is 0 Å². The third-order valence-corrected chi connectivity index (χ3v) is 0.632. The molecule has 0 fully saturated rings. The molecule has 38 valence electrons. The van der Waals surface area contributed by atoms with Crippen LogP contribution in [0.1, 0.15) is 8.30 Å². The fourth-order valence-corrected chi connectivity index (χ4v) is 0.309. The molecule has 0 amide bonds. The molecule has 0 bridgehead atoms. The van der Waals surface area contributed by atoms with E-state index in [0.29, 0.717) is 0 Å². The molecule has 0 aliphatic heterocycles. The fraction of sp³-hybridized carbons (Fsp3) is 0.200. The van der Waals surface area contributed by atoms with Crippen LogP contribution in [0.2, 0.25) is 0 Å². The van der Waals surface area contributed by atoms with Gasteiger partial charge in [-0.3, -0.25) is 0 Å². The lowest BCUT2D eigenvalue weighted by Gasteiger charge is -1.77. The summed E-state index contributed by atoms with van der Waals surface area (Å²) >= 11 is 0. The Balaban J connectivity index is 3.07. The van der Waals surface area contributed by atoms with Crippen LogP contribution in [-0.2, 0) is 6.61 Å². The topological polar surface area (TPSA) is 33.4 Å². The summed E-state index contributed by atoms with van der Waals surface area (Å²) in [6, 6.07) is 0.0856. The number of rotatable bonds is 1. The molecule has 1 heterocycles. The highest BCUT2D eigenvalue weighted by Crippen LogP contribution is 1.96. The average molecular weight is 100 g/mol.